The number of nitrogens with zero attached hydrogens (tertiary/aromatic N) is 1. The molecule has 0 N–H and O–H groups in total. The summed E-state index contributed by atoms with van der Waals surface area (Å²) in [6.07, 6.45) is 1.50. The van der Waals surface area contributed by atoms with E-state index in [1.807, 2.05) is 0 Å². The summed E-state index contributed by atoms with van der Waals surface area (Å²) in [5.74, 6) is 0.260. The summed E-state index contributed by atoms with van der Waals surface area (Å²) in [5.41, 5.74) is 0.832. The lowest BCUT2D eigenvalue weighted by atomic mass is 10.2. The van der Waals surface area contributed by atoms with E-state index >= 15 is 0 Å². The number of carbonyl (C=O) groups excluding carboxylic acids is 1. The Labute approximate surface area is 88.0 Å². The Bertz CT molecular complexity index is 376. The van der Waals surface area contributed by atoms with Crippen molar-refractivity contribution in [1.82, 2.24) is 4.98 Å². The van der Waals surface area contributed by atoms with Crippen LogP contribution < -0.4 is 9.47 Å². The van der Waals surface area contributed by atoms with Gasteiger partial charge >= 0.3 is 5.97 Å². The van der Waals surface area contributed by atoms with Crippen molar-refractivity contribution in [3.8, 4) is 11.5 Å². The van der Waals surface area contributed by atoms with Gasteiger partial charge in [-0.15, -0.1) is 0 Å². The van der Waals surface area contributed by atoms with Gasteiger partial charge in [-0.1, -0.05) is 0 Å². The molecule has 0 unspecified atom stereocenters. The summed E-state index contributed by atoms with van der Waals surface area (Å²) in [6.45, 7) is 1.70. The second kappa shape index (κ2) is 4.63. The van der Waals surface area contributed by atoms with Gasteiger partial charge in [0, 0.05) is 0 Å². The number of esters is 1. The molecule has 1 aromatic rings. The van der Waals surface area contributed by atoms with Gasteiger partial charge in [-0.25, -0.2) is 4.79 Å². The van der Waals surface area contributed by atoms with Crippen LogP contribution in [-0.2, 0) is 4.74 Å². The van der Waals surface area contributed by atoms with Crippen LogP contribution >= 0.6 is 0 Å². The average Bonchev–Trinajstić information content (AvgIpc) is 2.27. The normalized spacial score (nSPS) is 9.60. The van der Waals surface area contributed by atoms with Crippen LogP contribution in [-0.4, -0.2) is 32.3 Å². The maximum atomic E-state index is 11.5. The Kier molecular flexibility index (Phi) is 3.49. The molecule has 0 fully saturated rings. The molecule has 0 radical (unpaired) electrons. The Morgan fingerprint density at radius 3 is 2.40 bits per heavy atom. The Morgan fingerprint density at radius 1 is 1.27 bits per heavy atom. The van der Waals surface area contributed by atoms with Gasteiger partial charge in [0.25, 0.3) is 0 Å². The minimum absolute atomic E-state index is 0.291. The number of aromatic nitrogens is 1. The van der Waals surface area contributed by atoms with E-state index in [2.05, 4.69) is 9.72 Å². The number of carbonyl (C=O) groups is 1. The molecule has 5 heteroatoms. The summed E-state index contributed by atoms with van der Waals surface area (Å²) >= 11 is 0. The maximum absolute atomic E-state index is 11.5. The quantitative estimate of drug-likeness (QED) is 0.703. The van der Waals surface area contributed by atoms with Gasteiger partial charge in [-0.3, -0.25) is 4.98 Å². The first-order valence-corrected chi connectivity index (χ1v) is 4.31. The van der Waals surface area contributed by atoms with Crippen molar-refractivity contribution in [2.75, 3.05) is 21.3 Å². The zero-order valence-electron chi connectivity index (χ0n) is 9.16. The van der Waals surface area contributed by atoms with E-state index in [1.165, 1.54) is 27.5 Å². The molecule has 0 aliphatic rings. The Hall–Kier alpha value is -1.78. The van der Waals surface area contributed by atoms with Crippen LogP contribution in [0.5, 0.6) is 11.5 Å². The third kappa shape index (κ3) is 2.01. The smallest absolute Gasteiger partial charge is 0.343 e. The van der Waals surface area contributed by atoms with Gasteiger partial charge in [-0.05, 0) is 6.92 Å². The summed E-state index contributed by atoms with van der Waals surface area (Å²) in [5, 5.41) is 0. The van der Waals surface area contributed by atoms with Crippen LogP contribution in [0.15, 0.2) is 6.20 Å². The van der Waals surface area contributed by atoms with E-state index in [-0.39, 0.29) is 0 Å². The minimum Gasteiger partial charge on any atom is -0.492 e. The summed E-state index contributed by atoms with van der Waals surface area (Å²) < 4.78 is 14.8. The van der Waals surface area contributed by atoms with Crippen LogP contribution in [0, 0.1) is 6.92 Å². The van der Waals surface area contributed by atoms with E-state index in [4.69, 9.17) is 9.47 Å². The lowest BCUT2D eigenvalue weighted by Gasteiger charge is -2.12. The Morgan fingerprint density at radius 2 is 1.93 bits per heavy atom. The maximum Gasteiger partial charge on any atom is 0.343 e. The molecule has 0 bridgehead atoms. The number of rotatable bonds is 3. The lowest BCUT2D eigenvalue weighted by molar-refractivity contribution is 0.0595. The molecule has 0 saturated heterocycles. The van der Waals surface area contributed by atoms with E-state index in [0.717, 1.165) is 0 Å². The molecule has 0 aliphatic carbocycles. The average molecular weight is 211 g/mol. The lowest BCUT2D eigenvalue weighted by Crippen LogP contribution is -2.09. The molecule has 5 nitrogen and oxygen atoms in total. The highest BCUT2D eigenvalue weighted by molar-refractivity contribution is 5.94. The van der Waals surface area contributed by atoms with Crippen molar-refractivity contribution in [3.63, 3.8) is 0 Å². The molecule has 0 aliphatic heterocycles. The summed E-state index contributed by atoms with van der Waals surface area (Å²) in [7, 11) is 4.25. The zero-order chi connectivity index (χ0) is 11.4. The molecule has 0 aromatic carbocycles. The number of aryl methyl sites for hydroxylation is 1. The minimum atomic E-state index is -0.490. The van der Waals surface area contributed by atoms with Crippen molar-refractivity contribution in [1.29, 1.82) is 0 Å². The standard InChI is InChI=1S/C10H13NO4/c1-6-8(10(12)15-4)9(14-3)7(13-2)5-11-6/h5H,1-4H3. The Balaban J connectivity index is 3.38. The number of hydrogen-bond acceptors (Lipinski definition) is 5. The molecule has 0 atom stereocenters. The first-order valence-electron chi connectivity index (χ1n) is 4.31. The van der Waals surface area contributed by atoms with Gasteiger partial charge in [-0.2, -0.15) is 0 Å². The fourth-order valence-corrected chi connectivity index (χ4v) is 1.26. The third-order valence-corrected chi connectivity index (χ3v) is 2.00. The van der Waals surface area contributed by atoms with E-state index in [9.17, 15) is 4.79 Å². The molecule has 1 aromatic heterocycles. The molecule has 15 heavy (non-hydrogen) atoms. The molecular formula is C10H13NO4. The number of hydrogen-bond donors (Lipinski definition) is 0. The first kappa shape index (κ1) is 11.3. The van der Waals surface area contributed by atoms with Crippen LogP contribution in [0.25, 0.3) is 0 Å². The molecule has 82 valence electrons. The number of pyridine rings is 1. The van der Waals surface area contributed by atoms with Crippen LogP contribution in [0.2, 0.25) is 0 Å². The third-order valence-electron chi connectivity index (χ3n) is 2.00. The van der Waals surface area contributed by atoms with Crippen LogP contribution in [0.1, 0.15) is 16.1 Å². The fourth-order valence-electron chi connectivity index (χ4n) is 1.26. The highest BCUT2D eigenvalue weighted by Crippen LogP contribution is 2.31. The number of ether oxygens (including phenoxy) is 3. The van der Waals surface area contributed by atoms with E-state index in [0.29, 0.717) is 22.8 Å². The van der Waals surface area contributed by atoms with Crippen molar-refractivity contribution in [3.05, 3.63) is 17.5 Å². The molecule has 0 spiro atoms. The largest absolute Gasteiger partial charge is 0.492 e. The monoisotopic (exact) mass is 211 g/mol. The zero-order valence-corrected chi connectivity index (χ0v) is 9.16. The van der Waals surface area contributed by atoms with Crippen molar-refractivity contribution >= 4 is 5.97 Å². The second-order valence-electron chi connectivity index (χ2n) is 2.81. The van der Waals surface area contributed by atoms with Gasteiger partial charge in [0.2, 0.25) is 0 Å². The second-order valence-corrected chi connectivity index (χ2v) is 2.81. The van der Waals surface area contributed by atoms with Crippen LogP contribution in [0.3, 0.4) is 0 Å². The summed E-state index contributed by atoms with van der Waals surface area (Å²) in [4.78, 5) is 15.5. The van der Waals surface area contributed by atoms with Crippen molar-refractivity contribution in [2.24, 2.45) is 0 Å². The molecule has 1 rings (SSSR count). The van der Waals surface area contributed by atoms with Gasteiger partial charge < -0.3 is 14.2 Å². The van der Waals surface area contributed by atoms with Crippen molar-refractivity contribution < 1.29 is 19.0 Å². The topological polar surface area (TPSA) is 57.7 Å². The van der Waals surface area contributed by atoms with Crippen molar-refractivity contribution in [2.45, 2.75) is 6.92 Å². The van der Waals surface area contributed by atoms with E-state index < -0.39 is 5.97 Å². The molecular weight excluding hydrogens is 198 g/mol. The molecule has 0 saturated carbocycles. The molecule has 0 amide bonds. The highest BCUT2D eigenvalue weighted by Gasteiger charge is 2.20. The predicted octanol–water partition coefficient (Wildman–Crippen LogP) is 1.19. The SMILES string of the molecule is COC(=O)c1c(C)ncc(OC)c1OC. The molecule has 1 heterocycles. The van der Waals surface area contributed by atoms with Gasteiger partial charge in [0.1, 0.15) is 5.56 Å². The highest BCUT2D eigenvalue weighted by atomic mass is 16.5. The van der Waals surface area contributed by atoms with E-state index in [1.54, 1.807) is 6.92 Å². The first-order chi connectivity index (χ1) is 7.15. The summed E-state index contributed by atoms with van der Waals surface area (Å²) in [6, 6.07) is 0. The van der Waals surface area contributed by atoms with Gasteiger partial charge in [0.15, 0.2) is 11.5 Å². The predicted molar refractivity (Wildman–Crippen MR) is 53.4 cm³/mol. The fraction of sp³-hybridized carbons (Fsp3) is 0.400. The van der Waals surface area contributed by atoms with Crippen LogP contribution in [0.4, 0.5) is 0 Å². The number of methoxy groups -OCH3 is 3. The van der Waals surface area contributed by atoms with Gasteiger partial charge in [0.05, 0.1) is 33.2 Å².